The molecular formula is C16H17O2. The Morgan fingerprint density at radius 2 is 1.44 bits per heavy atom. The highest BCUT2D eigenvalue weighted by atomic mass is 16.3. The van der Waals surface area contributed by atoms with Crippen LogP contribution in [0, 0.1) is 6.42 Å². The number of aliphatic hydroxyl groups excluding tert-OH is 2. The summed E-state index contributed by atoms with van der Waals surface area (Å²) >= 11 is 0. The second kappa shape index (κ2) is 6.34. The minimum Gasteiger partial charge on any atom is -0.392 e. The molecule has 0 atom stereocenters. The largest absolute Gasteiger partial charge is 0.392 e. The number of rotatable bonds is 5. The van der Waals surface area contributed by atoms with E-state index in [0.717, 1.165) is 23.1 Å². The van der Waals surface area contributed by atoms with E-state index in [9.17, 15) is 0 Å². The molecule has 2 rings (SSSR count). The summed E-state index contributed by atoms with van der Waals surface area (Å²) in [5.41, 5.74) is 4.19. The smallest absolute Gasteiger partial charge is 0.0681 e. The van der Waals surface area contributed by atoms with Gasteiger partial charge in [-0.1, -0.05) is 48.5 Å². The standard InChI is InChI=1S/C16H17O2/c17-11-15-8-5-13(6-9-15)4-7-14-2-1-3-16(10-14)12-18/h1-6,8-10,17-18H,7,11-12H2. The fraction of sp³-hybridized carbons (Fsp3) is 0.188. The molecule has 0 aliphatic carbocycles. The van der Waals surface area contributed by atoms with E-state index in [1.165, 1.54) is 5.56 Å². The lowest BCUT2D eigenvalue weighted by atomic mass is 10.0. The average molecular weight is 241 g/mol. The predicted molar refractivity (Wildman–Crippen MR) is 71.8 cm³/mol. The van der Waals surface area contributed by atoms with Crippen LogP contribution in [0.25, 0.3) is 0 Å². The van der Waals surface area contributed by atoms with Crippen molar-refractivity contribution in [3.05, 3.63) is 77.2 Å². The molecule has 0 aliphatic rings. The minimum absolute atomic E-state index is 0.0822. The van der Waals surface area contributed by atoms with Crippen molar-refractivity contribution in [3.63, 3.8) is 0 Å². The summed E-state index contributed by atoms with van der Waals surface area (Å²) in [7, 11) is 0. The van der Waals surface area contributed by atoms with Gasteiger partial charge in [-0.15, -0.1) is 0 Å². The van der Waals surface area contributed by atoms with E-state index in [4.69, 9.17) is 10.2 Å². The summed E-state index contributed by atoms with van der Waals surface area (Å²) in [5.74, 6) is 0. The van der Waals surface area contributed by atoms with Crippen molar-refractivity contribution in [3.8, 4) is 0 Å². The van der Waals surface area contributed by atoms with Crippen molar-refractivity contribution < 1.29 is 10.2 Å². The average Bonchev–Trinajstić information content (AvgIpc) is 2.46. The van der Waals surface area contributed by atoms with Crippen LogP contribution in [0.5, 0.6) is 0 Å². The number of hydrogen-bond donors (Lipinski definition) is 2. The third-order valence-corrected chi connectivity index (χ3v) is 2.91. The Hall–Kier alpha value is -1.64. The first kappa shape index (κ1) is 12.8. The van der Waals surface area contributed by atoms with Crippen LogP contribution in [-0.2, 0) is 19.6 Å². The third kappa shape index (κ3) is 3.42. The molecule has 2 N–H and O–H groups in total. The highest BCUT2D eigenvalue weighted by Crippen LogP contribution is 2.12. The van der Waals surface area contributed by atoms with Crippen LogP contribution in [-0.4, -0.2) is 10.2 Å². The minimum atomic E-state index is 0.0822. The van der Waals surface area contributed by atoms with Gasteiger partial charge in [0.1, 0.15) is 0 Å². The Kier molecular flexibility index (Phi) is 4.51. The Morgan fingerprint density at radius 1 is 0.778 bits per heavy atom. The van der Waals surface area contributed by atoms with Crippen LogP contribution >= 0.6 is 0 Å². The maximum absolute atomic E-state index is 9.07. The maximum Gasteiger partial charge on any atom is 0.0681 e. The maximum atomic E-state index is 9.07. The highest BCUT2D eigenvalue weighted by Gasteiger charge is 1.98. The van der Waals surface area contributed by atoms with Gasteiger partial charge in [0.05, 0.1) is 13.2 Å². The SMILES string of the molecule is OCc1ccc([CH]Cc2cccc(CO)c2)cc1. The van der Waals surface area contributed by atoms with Crippen LogP contribution in [0.1, 0.15) is 22.3 Å². The van der Waals surface area contributed by atoms with E-state index in [1.807, 2.05) is 42.5 Å². The molecule has 2 aromatic carbocycles. The van der Waals surface area contributed by atoms with Crippen molar-refractivity contribution in [2.24, 2.45) is 0 Å². The van der Waals surface area contributed by atoms with Gasteiger partial charge in [0.25, 0.3) is 0 Å². The molecule has 2 nitrogen and oxygen atoms in total. The second-order valence-electron chi connectivity index (χ2n) is 4.29. The van der Waals surface area contributed by atoms with E-state index in [1.54, 1.807) is 0 Å². The van der Waals surface area contributed by atoms with Crippen molar-refractivity contribution in [2.45, 2.75) is 19.6 Å². The van der Waals surface area contributed by atoms with Crippen molar-refractivity contribution in [1.82, 2.24) is 0 Å². The van der Waals surface area contributed by atoms with Crippen LogP contribution in [0.4, 0.5) is 0 Å². The Morgan fingerprint density at radius 3 is 2.11 bits per heavy atom. The summed E-state index contributed by atoms with van der Waals surface area (Å²) in [5, 5.41) is 18.0. The summed E-state index contributed by atoms with van der Waals surface area (Å²) in [6.07, 6.45) is 2.98. The van der Waals surface area contributed by atoms with Gasteiger partial charge < -0.3 is 10.2 Å². The second-order valence-corrected chi connectivity index (χ2v) is 4.29. The summed E-state index contributed by atoms with van der Waals surface area (Å²) in [6, 6.07) is 15.8. The zero-order chi connectivity index (χ0) is 12.8. The molecule has 0 amide bonds. The molecule has 0 spiro atoms. The lowest BCUT2D eigenvalue weighted by Gasteiger charge is -2.04. The van der Waals surface area contributed by atoms with E-state index in [0.29, 0.717) is 0 Å². The first-order valence-corrected chi connectivity index (χ1v) is 6.03. The number of aliphatic hydroxyl groups is 2. The van der Waals surface area contributed by atoms with Crippen LogP contribution in [0.3, 0.4) is 0 Å². The monoisotopic (exact) mass is 241 g/mol. The molecule has 2 heteroatoms. The fourth-order valence-corrected chi connectivity index (χ4v) is 1.85. The highest BCUT2D eigenvalue weighted by molar-refractivity contribution is 5.31. The molecule has 2 aromatic rings. The Labute approximate surface area is 108 Å². The van der Waals surface area contributed by atoms with E-state index >= 15 is 0 Å². The van der Waals surface area contributed by atoms with E-state index < -0.39 is 0 Å². The first-order valence-electron chi connectivity index (χ1n) is 6.03. The Bertz CT molecular complexity index is 489. The van der Waals surface area contributed by atoms with Gasteiger partial charge in [-0.05, 0) is 35.1 Å². The molecule has 0 saturated heterocycles. The molecule has 0 unspecified atom stereocenters. The molecule has 0 aliphatic heterocycles. The molecule has 0 bridgehead atoms. The molecule has 1 radical (unpaired) electrons. The summed E-state index contributed by atoms with van der Waals surface area (Å²) in [6.45, 7) is 0.165. The van der Waals surface area contributed by atoms with Gasteiger partial charge >= 0.3 is 0 Å². The van der Waals surface area contributed by atoms with E-state index in [-0.39, 0.29) is 13.2 Å². The van der Waals surface area contributed by atoms with Gasteiger partial charge in [0.2, 0.25) is 0 Å². The molecule has 93 valence electrons. The molecule has 0 saturated carbocycles. The zero-order valence-corrected chi connectivity index (χ0v) is 10.2. The van der Waals surface area contributed by atoms with Gasteiger partial charge in [0, 0.05) is 0 Å². The van der Waals surface area contributed by atoms with Crippen LogP contribution in [0.15, 0.2) is 48.5 Å². The molecule has 0 fully saturated rings. The first-order chi connectivity index (χ1) is 8.81. The van der Waals surface area contributed by atoms with Crippen molar-refractivity contribution in [2.75, 3.05) is 0 Å². The molecular weight excluding hydrogens is 224 g/mol. The quantitative estimate of drug-likeness (QED) is 0.844. The van der Waals surface area contributed by atoms with Crippen LogP contribution < -0.4 is 0 Å². The summed E-state index contributed by atoms with van der Waals surface area (Å²) in [4.78, 5) is 0. The fourth-order valence-electron chi connectivity index (χ4n) is 1.85. The van der Waals surface area contributed by atoms with Gasteiger partial charge in [-0.3, -0.25) is 0 Å². The molecule has 0 heterocycles. The van der Waals surface area contributed by atoms with Crippen molar-refractivity contribution in [1.29, 1.82) is 0 Å². The number of hydrogen-bond acceptors (Lipinski definition) is 2. The van der Waals surface area contributed by atoms with Gasteiger partial charge in [-0.2, -0.15) is 0 Å². The summed E-state index contributed by atoms with van der Waals surface area (Å²) < 4.78 is 0. The zero-order valence-electron chi connectivity index (χ0n) is 10.2. The van der Waals surface area contributed by atoms with Gasteiger partial charge in [0.15, 0.2) is 0 Å². The lowest BCUT2D eigenvalue weighted by Crippen LogP contribution is -1.92. The van der Waals surface area contributed by atoms with Gasteiger partial charge in [-0.25, -0.2) is 0 Å². The number of benzene rings is 2. The van der Waals surface area contributed by atoms with E-state index in [2.05, 4.69) is 12.5 Å². The Balaban J connectivity index is 1.97. The van der Waals surface area contributed by atoms with Crippen LogP contribution in [0.2, 0.25) is 0 Å². The topological polar surface area (TPSA) is 40.5 Å². The lowest BCUT2D eigenvalue weighted by molar-refractivity contribution is 0.281. The third-order valence-electron chi connectivity index (χ3n) is 2.91. The molecule has 18 heavy (non-hydrogen) atoms. The van der Waals surface area contributed by atoms with Crippen molar-refractivity contribution >= 4 is 0 Å². The normalized spacial score (nSPS) is 10.6. The predicted octanol–water partition coefficient (Wildman–Crippen LogP) is 2.47. The molecule has 0 aromatic heterocycles.